The quantitative estimate of drug-likeness (QED) is 0.755. The Kier molecular flexibility index (Phi) is 4.63. The lowest BCUT2D eigenvalue weighted by atomic mass is 10.2. The van der Waals surface area contributed by atoms with Gasteiger partial charge >= 0.3 is 6.09 Å². The predicted molar refractivity (Wildman–Crippen MR) is 88.5 cm³/mol. The van der Waals surface area contributed by atoms with E-state index in [-0.39, 0.29) is 13.2 Å². The van der Waals surface area contributed by atoms with Gasteiger partial charge in [-0.3, -0.25) is 0 Å². The van der Waals surface area contributed by atoms with Crippen molar-refractivity contribution < 1.29 is 23.0 Å². The first-order valence-corrected chi connectivity index (χ1v) is 8.23. The second-order valence-electron chi connectivity index (χ2n) is 5.99. The van der Waals surface area contributed by atoms with E-state index in [4.69, 9.17) is 9.47 Å². The van der Waals surface area contributed by atoms with Gasteiger partial charge in [-0.15, -0.1) is 0 Å². The molecule has 1 aliphatic rings. The molecule has 8 nitrogen and oxygen atoms in total. The number of carbonyl (C=O) groups excluding carboxylic acids is 1. The van der Waals surface area contributed by atoms with E-state index in [0.29, 0.717) is 35.7 Å². The molecule has 1 aliphatic heterocycles. The number of morpholine rings is 1. The molecule has 3 aromatic rings. The van der Waals surface area contributed by atoms with Crippen molar-refractivity contribution in [3.8, 4) is 0 Å². The highest BCUT2D eigenvalue weighted by atomic mass is 19.2. The third-order valence-corrected chi connectivity index (χ3v) is 4.16. The van der Waals surface area contributed by atoms with Crippen molar-refractivity contribution in [1.29, 1.82) is 0 Å². The SMILES string of the molecule is O=C(OCc1ccc(F)c(F)c1)N1CCOC(c2nc3ncncc3[nH]2)C1. The smallest absolute Gasteiger partial charge is 0.410 e. The van der Waals surface area contributed by atoms with Crippen molar-refractivity contribution in [2.45, 2.75) is 12.7 Å². The van der Waals surface area contributed by atoms with Gasteiger partial charge in [0.25, 0.3) is 0 Å². The van der Waals surface area contributed by atoms with Crippen LogP contribution < -0.4 is 0 Å². The zero-order valence-corrected chi connectivity index (χ0v) is 14.1. The van der Waals surface area contributed by atoms with Crippen LogP contribution >= 0.6 is 0 Å². The average molecular weight is 375 g/mol. The van der Waals surface area contributed by atoms with Crippen LogP contribution in [0.2, 0.25) is 0 Å². The van der Waals surface area contributed by atoms with Crippen LogP contribution in [-0.2, 0) is 16.1 Å². The highest BCUT2D eigenvalue weighted by molar-refractivity contribution is 5.69. The molecule has 1 saturated heterocycles. The van der Waals surface area contributed by atoms with Gasteiger partial charge < -0.3 is 19.4 Å². The summed E-state index contributed by atoms with van der Waals surface area (Å²) in [7, 11) is 0. The third-order valence-electron chi connectivity index (χ3n) is 4.16. The first kappa shape index (κ1) is 17.3. The molecule has 1 atom stereocenters. The molecule has 1 unspecified atom stereocenters. The first-order valence-electron chi connectivity index (χ1n) is 8.23. The zero-order valence-electron chi connectivity index (χ0n) is 14.1. The number of rotatable bonds is 3. The lowest BCUT2D eigenvalue weighted by Gasteiger charge is -2.31. The van der Waals surface area contributed by atoms with E-state index in [1.165, 1.54) is 17.3 Å². The summed E-state index contributed by atoms with van der Waals surface area (Å²) in [4.78, 5) is 29.2. The number of fused-ring (bicyclic) bond motifs is 1. The van der Waals surface area contributed by atoms with Gasteiger partial charge in [0.2, 0.25) is 0 Å². The maximum atomic E-state index is 13.2. The first-order chi connectivity index (χ1) is 13.1. The van der Waals surface area contributed by atoms with Crippen molar-refractivity contribution in [2.24, 2.45) is 0 Å². The number of carbonyl (C=O) groups is 1. The summed E-state index contributed by atoms with van der Waals surface area (Å²) >= 11 is 0. The van der Waals surface area contributed by atoms with Gasteiger partial charge in [-0.2, -0.15) is 0 Å². The molecule has 0 bridgehead atoms. The Morgan fingerprint density at radius 1 is 1.37 bits per heavy atom. The number of benzene rings is 1. The fraction of sp³-hybridized carbons (Fsp3) is 0.294. The fourth-order valence-corrected chi connectivity index (χ4v) is 2.78. The van der Waals surface area contributed by atoms with Gasteiger partial charge in [-0.25, -0.2) is 28.5 Å². The third kappa shape index (κ3) is 3.70. The Morgan fingerprint density at radius 2 is 2.26 bits per heavy atom. The maximum Gasteiger partial charge on any atom is 0.410 e. The lowest BCUT2D eigenvalue weighted by molar-refractivity contribution is -0.0330. The van der Waals surface area contributed by atoms with Crippen LogP contribution in [0.3, 0.4) is 0 Å². The van der Waals surface area contributed by atoms with Crippen molar-refractivity contribution >= 4 is 17.3 Å². The molecular formula is C17H15F2N5O3. The Morgan fingerprint density at radius 3 is 3.07 bits per heavy atom. The number of hydrogen-bond acceptors (Lipinski definition) is 6. The number of nitrogens with one attached hydrogen (secondary N) is 1. The summed E-state index contributed by atoms with van der Waals surface area (Å²) in [6.07, 6.45) is 1.99. The number of nitrogens with zero attached hydrogens (tertiary/aromatic N) is 4. The number of aromatic nitrogens is 4. The van der Waals surface area contributed by atoms with Gasteiger partial charge in [0.05, 0.1) is 19.3 Å². The summed E-state index contributed by atoms with van der Waals surface area (Å²) in [5.74, 6) is -1.39. The maximum absolute atomic E-state index is 13.2. The molecule has 1 N–H and O–H groups in total. The van der Waals surface area contributed by atoms with E-state index in [2.05, 4.69) is 19.9 Å². The number of halogens is 2. The van der Waals surface area contributed by atoms with Crippen LogP contribution in [0.4, 0.5) is 13.6 Å². The van der Waals surface area contributed by atoms with E-state index in [9.17, 15) is 13.6 Å². The van der Waals surface area contributed by atoms with Crippen LogP contribution in [0.5, 0.6) is 0 Å². The van der Waals surface area contributed by atoms with E-state index >= 15 is 0 Å². The van der Waals surface area contributed by atoms with Crippen LogP contribution in [0.15, 0.2) is 30.7 Å². The molecule has 1 amide bonds. The summed E-state index contributed by atoms with van der Waals surface area (Å²) < 4.78 is 37.0. The summed E-state index contributed by atoms with van der Waals surface area (Å²) in [5, 5.41) is 0. The topological polar surface area (TPSA) is 93.2 Å². The Bertz CT molecular complexity index is 947. The van der Waals surface area contributed by atoms with Gasteiger partial charge in [0.15, 0.2) is 17.3 Å². The minimum Gasteiger partial charge on any atom is -0.445 e. The van der Waals surface area contributed by atoms with Gasteiger partial charge in [-0.1, -0.05) is 6.07 Å². The second kappa shape index (κ2) is 7.23. The van der Waals surface area contributed by atoms with Crippen LogP contribution in [-0.4, -0.2) is 50.6 Å². The van der Waals surface area contributed by atoms with E-state index in [1.807, 2.05) is 0 Å². The van der Waals surface area contributed by atoms with Crippen LogP contribution in [0.25, 0.3) is 11.2 Å². The number of H-pyrrole nitrogens is 1. The number of ether oxygens (including phenoxy) is 2. The molecule has 0 radical (unpaired) electrons. The molecule has 0 saturated carbocycles. The highest BCUT2D eigenvalue weighted by Gasteiger charge is 2.28. The largest absolute Gasteiger partial charge is 0.445 e. The molecule has 2 aromatic heterocycles. The minimum atomic E-state index is -0.983. The van der Waals surface area contributed by atoms with Gasteiger partial charge in [0.1, 0.15) is 30.4 Å². The van der Waals surface area contributed by atoms with Crippen molar-refractivity contribution in [3.05, 3.63) is 53.7 Å². The molecule has 1 fully saturated rings. The minimum absolute atomic E-state index is 0.154. The summed E-state index contributed by atoms with van der Waals surface area (Å²) in [6, 6.07) is 3.36. The highest BCUT2D eigenvalue weighted by Crippen LogP contribution is 2.22. The summed E-state index contributed by atoms with van der Waals surface area (Å²) in [6.45, 7) is 0.753. The number of amides is 1. The molecule has 0 aliphatic carbocycles. The zero-order chi connectivity index (χ0) is 18.8. The van der Waals surface area contributed by atoms with Gasteiger partial charge in [0, 0.05) is 6.54 Å². The molecule has 27 heavy (non-hydrogen) atoms. The number of imidazole rings is 1. The monoisotopic (exact) mass is 375 g/mol. The Hall–Kier alpha value is -3.14. The van der Waals surface area contributed by atoms with E-state index in [0.717, 1.165) is 12.1 Å². The van der Waals surface area contributed by atoms with E-state index < -0.39 is 23.8 Å². The van der Waals surface area contributed by atoms with Crippen LogP contribution in [0.1, 0.15) is 17.5 Å². The van der Waals surface area contributed by atoms with Crippen molar-refractivity contribution in [3.63, 3.8) is 0 Å². The Labute approximate surface area is 152 Å². The normalized spacial score (nSPS) is 17.3. The standard InChI is InChI=1S/C17H15F2N5O3/c18-11-2-1-10(5-12(11)19)8-27-17(25)24-3-4-26-14(7-24)16-22-13-6-20-9-21-15(13)23-16/h1-2,5-6,9,14H,3-4,7-8H2,(H,20,21,22,23). The number of hydrogen-bond donors (Lipinski definition) is 1. The molecule has 3 heterocycles. The van der Waals surface area contributed by atoms with Gasteiger partial charge in [-0.05, 0) is 17.7 Å². The van der Waals surface area contributed by atoms with Crippen molar-refractivity contribution in [1.82, 2.24) is 24.8 Å². The fourth-order valence-electron chi connectivity index (χ4n) is 2.78. The molecular weight excluding hydrogens is 360 g/mol. The summed E-state index contributed by atoms with van der Waals surface area (Å²) in [5.41, 5.74) is 1.55. The molecule has 0 spiro atoms. The predicted octanol–water partition coefficient (Wildman–Crippen LogP) is 2.34. The van der Waals surface area contributed by atoms with Crippen LogP contribution in [0, 0.1) is 11.6 Å². The average Bonchev–Trinajstić information content (AvgIpc) is 3.13. The lowest BCUT2D eigenvalue weighted by Crippen LogP contribution is -2.42. The second-order valence-corrected chi connectivity index (χ2v) is 5.99. The molecule has 10 heteroatoms. The molecule has 1 aromatic carbocycles. The Balaban J connectivity index is 1.39. The molecule has 4 rings (SSSR count). The van der Waals surface area contributed by atoms with Crippen molar-refractivity contribution in [2.75, 3.05) is 19.7 Å². The molecule has 140 valence electrons. The number of aromatic amines is 1. The van der Waals surface area contributed by atoms with E-state index in [1.54, 1.807) is 6.20 Å².